The van der Waals surface area contributed by atoms with Gasteiger partial charge in [0.1, 0.15) is 0 Å². The molecule has 0 atom stereocenters. The van der Waals surface area contributed by atoms with Crippen LogP contribution in [0.5, 0.6) is 0 Å². The minimum atomic E-state index is 0.689. The van der Waals surface area contributed by atoms with Crippen LogP contribution in [0.3, 0.4) is 0 Å². The molecule has 0 fully saturated rings. The van der Waals surface area contributed by atoms with Gasteiger partial charge in [-0.15, -0.1) is 11.8 Å². The number of nitrogens with one attached hydrogen (secondary N) is 1. The van der Waals surface area contributed by atoms with Gasteiger partial charge in [0.2, 0.25) is 0 Å². The third-order valence-electron chi connectivity index (χ3n) is 3.40. The molecule has 0 spiro atoms. The van der Waals surface area contributed by atoms with Gasteiger partial charge < -0.3 is 10.7 Å². The molecule has 0 amide bonds. The van der Waals surface area contributed by atoms with E-state index >= 15 is 0 Å². The summed E-state index contributed by atoms with van der Waals surface area (Å²) in [5.41, 5.74) is 9.52. The lowest BCUT2D eigenvalue weighted by molar-refractivity contribution is 0.976. The molecule has 0 radical (unpaired) electrons. The maximum atomic E-state index is 5.66. The second kappa shape index (κ2) is 6.16. The van der Waals surface area contributed by atoms with E-state index in [1.54, 1.807) is 0 Å². The average molecular weight is 282 g/mol. The number of hydrogen-bond acceptors (Lipinski definition) is 2. The number of rotatable bonds is 5. The molecular weight excluding hydrogens is 264 g/mol. The first-order valence-electron chi connectivity index (χ1n) is 6.83. The quantitative estimate of drug-likeness (QED) is 0.695. The lowest BCUT2D eigenvalue weighted by Crippen LogP contribution is -2.01. The van der Waals surface area contributed by atoms with E-state index in [9.17, 15) is 0 Å². The number of fused-ring (bicyclic) bond motifs is 1. The first-order chi connectivity index (χ1) is 9.86. The maximum Gasteiger partial charge on any atom is 0.0457 e. The summed E-state index contributed by atoms with van der Waals surface area (Å²) in [6, 6.07) is 17.2. The van der Waals surface area contributed by atoms with Gasteiger partial charge in [-0.2, -0.15) is 0 Å². The highest BCUT2D eigenvalue weighted by atomic mass is 32.2. The first-order valence-corrected chi connectivity index (χ1v) is 7.82. The Bertz CT molecular complexity index is 689. The molecule has 3 N–H and O–H groups in total. The summed E-state index contributed by atoms with van der Waals surface area (Å²) in [5, 5.41) is 1.30. The summed E-state index contributed by atoms with van der Waals surface area (Å²) in [4.78, 5) is 4.61. The topological polar surface area (TPSA) is 41.8 Å². The second-order valence-corrected chi connectivity index (χ2v) is 5.88. The zero-order valence-electron chi connectivity index (χ0n) is 11.3. The van der Waals surface area contributed by atoms with Gasteiger partial charge in [-0.1, -0.05) is 30.3 Å². The van der Waals surface area contributed by atoms with E-state index in [1.807, 2.05) is 11.8 Å². The third-order valence-corrected chi connectivity index (χ3v) is 4.47. The molecule has 1 heterocycles. The van der Waals surface area contributed by atoms with Crippen molar-refractivity contribution in [3.8, 4) is 0 Å². The number of H-pyrrole nitrogens is 1. The van der Waals surface area contributed by atoms with Gasteiger partial charge in [0.05, 0.1) is 0 Å². The molecule has 20 heavy (non-hydrogen) atoms. The zero-order valence-corrected chi connectivity index (χ0v) is 12.1. The van der Waals surface area contributed by atoms with Gasteiger partial charge in [0.15, 0.2) is 0 Å². The summed E-state index contributed by atoms with van der Waals surface area (Å²) >= 11 is 1.87. The SMILES string of the molecule is NCCc1c[nH]c2ccc(SCc3ccccc3)cc12. The Morgan fingerprint density at radius 1 is 1.05 bits per heavy atom. The predicted octanol–water partition coefficient (Wildman–Crippen LogP) is 3.96. The van der Waals surface area contributed by atoms with Gasteiger partial charge in [0.25, 0.3) is 0 Å². The summed E-state index contributed by atoms with van der Waals surface area (Å²) in [6.45, 7) is 0.689. The lowest BCUT2D eigenvalue weighted by Gasteiger charge is -2.03. The van der Waals surface area contributed by atoms with Crippen LogP contribution in [0, 0.1) is 0 Å². The molecule has 0 bridgehead atoms. The van der Waals surface area contributed by atoms with Gasteiger partial charge in [-0.05, 0) is 42.3 Å². The lowest BCUT2D eigenvalue weighted by atomic mass is 10.1. The fraction of sp³-hybridized carbons (Fsp3) is 0.176. The van der Waals surface area contributed by atoms with Gasteiger partial charge >= 0.3 is 0 Å². The largest absolute Gasteiger partial charge is 0.361 e. The van der Waals surface area contributed by atoms with E-state index in [-0.39, 0.29) is 0 Å². The molecule has 0 aliphatic heterocycles. The summed E-state index contributed by atoms with van der Waals surface area (Å²) in [5.74, 6) is 1.00. The van der Waals surface area contributed by atoms with Crippen LogP contribution in [0.4, 0.5) is 0 Å². The minimum absolute atomic E-state index is 0.689. The summed E-state index contributed by atoms with van der Waals surface area (Å²) in [7, 11) is 0. The van der Waals surface area contributed by atoms with Gasteiger partial charge in [-0.3, -0.25) is 0 Å². The van der Waals surface area contributed by atoms with Crippen molar-refractivity contribution in [2.75, 3.05) is 6.54 Å². The molecule has 1 aromatic heterocycles. The molecule has 0 unspecified atom stereocenters. The van der Waals surface area contributed by atoms with Crippen molar-refractivity contribution in [3.05, 3.63) is 65.9 Å². The van der Waals surface area contributed by atoms with E-state index < -0.39 is 0 Å². The number of nitrogens with two attached hydrogens (primary N) is 1. The number of aromatic nitrogens is 1. The van der Waals surface area contributed by atoms with Crippen molar-refractivity contribution in [1.82, 2.24) is 4.98 Å². The Morgan fingerprint density at radius 3 is 2.70 bits per heavy atom. The van der Waals surface area contributed by atoms with Crippen molar-refractivity contribution >= 4 is 22.7 Å². The van der Waals surface area contributed by atoms with Crippen molar-refractivity contribution in [2.24, 2.45) is 5.73 Å². The van der Waals surface area contributed by atoms with Crippen LogP contribution in [-0.4, -0.2) is 11.5 Å². The van der Waals surface area contributed by atoms with Crippen LogP contribution in [0.25, 0.3) is 10.9 Å². The Labute approximate surface area is 123 Å². The fourth-order valence-electron chi connectivity index (χ4n) is 2.35. The van der Waals surface area contributed by atoms with Crippen molar-refractivity contribution < 1.29 is 0 Å². The molecule has 2 aromatic carbocycles. The Kier molecular flexibility index (Phi) is 4.09. The second-order valence-electron chi connectivity index (χ2n) is 4.83. The molecule has 3 aromatic rings. The van der Waals surface area contributed by atoms with Crippen molar-refractivity contribution in [3.63, 3.8) is 0 Å². The molecule has 102 valence electrons. The summed E-state index contributed by atoms with van der Waals surface area (Å²) in [6.07, 6.45) is 3.00. The van der Waals surface area contributed by atoms with Crippen LogP contribution in [0.1, 0.15) is 11.1 Å². The number of aromatic amines is 1. The number of benzene rings is 2. The normalized spacial score (nSPS) is 11.1. The fourth-order valence-corrected chi connectivity index (χ4v) is 3.24. The van der Waals surface area contributed by atoms with Crippen LogP contribution in [0.15, 0.2) is 59.6 Å². The molecular formula is C17H18N2S. The first kappa shape index (κ1) is 13.3. The van der Waals surface area contributed by atoms with E-state index in [1.165, 1.54) is 26.9 Å². The standard InChI is InChI=1S/C17H18N2S/c18-9-8-14-11-19-17-7-6-15(10-16(14)17)20-12-13-4-2-1-3-5-13/h1-7,10-11,19H,8-9,12,18H2. The predicted molar refractivity (Wildman–Crippen MR) is 87.1 cm³/mol. The highest BCUT2D eigenvalue weighted by Crippen LogP contribution is 2.28. The zero-order chi connectivity index (χ0) is 13.8. The van der Waals surface area contributed by atoms with Crippen LogP contribution in [0.2, 0.25) is 0 Å². The molecule has 3 rings (SSSR count). The number of thioether (sulfide) groups is 1. The molecule has 0 saturated carbocycles. The molecule has 0 aliphatic rings. The van der Waals surface area contributed by atoms with Crippen LogP contribution in [-0.2, 0) is 12.2 Å². The smallest absolute Gasteiger partial charge is 0.0457 e. The molecule has 0 aliphatic carbocycles. The van der Waals surface area contributed by atoms with Gasteiger partial charge in [0, 0.05) is 27.7 Å². The van der Waals surface area contributed by atoms with Crippen molar-refractivity contribution in [2.45, 2.75) is 17.1 Å². The Balaban J connectivity index is 1.79. The average Bonchev–Trinajstić information content (AvgIpc) is 2.89. The Hall–Kier alpha value is -1.71. The maximum absolute atomic E-state index is 5.66. The van der Waals surface area contributed by atoms with Crippen LogP contribution >= 0.6 is 11.8 Å². The monoisotopic (exact) mass is 282 g/mol. The highest BCUT2D eigenvalue weighted by Gasteiger charge is 2.04. The highest BCUT2D eigenvalue weighted by molar-refractivity contribution is 7.98. The molecule has 0 saturated heterocycles. The van der Waals surface area contributed by atoms with E-state index in [0.717, 1.165) is 12.2 Å². The Morgan fingerprint density at radius 2 is 1.90 bits per heavy atom. The van der Waals surface area contributed by atoms with E-state index in [4.69, 9.17) is 5.73 Å². The summed E-state index contributed by atoms with van der Waals surface area (Å²) < 4.78 is 0. The molecule has 2 nitrogen and oxygen atoms in total. The van der Waals surface area contributed by atoms with E-state index in [2.05, 4.69) is 59.7 Å². The van der Waals surface area contributed by atoms with E-state index in [0.29, 0.717) is 6.54 Å². The number of hydrogen-bond donors (Lipinski definition) is 2. The minimum Gasteiger partial charge on any atom is -0.361 e. The molecule has 3 heteroatoms. The van der Waals surface area contributed by atoms with Crippen LogP contribution < -0.4 is 5.73 Å². The van der Waals surface area contributed by atoms with Crippen molar-refractivity contribution in [1.29, 1.82) is 0 Å². The third kappa shape index (κ3) is 2.89. The van der Waals surface area contributed by atoms with Gasteiger partial charge in [-0.25, -0.2) is 0 Å².